The second-order valence-corrected chi connectivity index (χ2v) is 8.24. The van der Waals surface area contributed by atoms with Crippen LogP contribution in [-0.2, 0) is 24.3 Å². The Bertz CT molecular complexity index is 725. The molecule has 7 nitrogen and oxygen atoms in total. The Balaban J connectivity index is 2.02. The van der Waals surface area contributed by atoms with E-state index in [1.54, 1.807) is 12.1 Å². The maximum Gasteiger partial charge on any atom is 0.306 e. The van der Waals surface area contributed by atoms with E-state index in [-0.39, 0.29) is 17.9 Å². The fourth-order valence-electron chi connectivity index (χ4n) is 2.78. The Kier molecular flexibility index (Phi) is 7.59. The van der Waals surface area contributed by atoms with Crippen molar-refractivity contribution in [1.82, 2.24) is 4.31 Å². The van der Waals surface area contributed by atoms with Gasteiger partial charge in [-0.15, -0.1) is 0 Å². The van der Waals surface area contributed by atoms with Crippen molar-refractivity contribution in [2.75, 3.05) is 25.0 Å². The number of sulfonamides is 1. The zero-order chi connectivity index (χ0) is 19.0. The molecule has 1 heterocycles. The van der Waals surface area contributed by atoms with Gasteiger partial charge in [-0.1, -0.05) is 25.8 Å². The van der Waals surface area contributed by atoms with E-state index in [9.17, 15) is 18.0 Å². The molecule has 144 valence electrons. The molecular weight excluding hydrogens is 356 g/mol. The third-order valence-corrected chi connectivity index (χ3v) is 6.03. The van der Waals surface area contributed by atoms with Crippen molar-refractivity contribution in [2.45, 2.75) is 50.3 Å². The Morgan fingerprint density at radius 1 is 1.15 bits per heavy atom. The number of hydrogen-bond donors (Lipinski definition) is 1. The molecule has 8 heteroatoms. The first-order valence-corrected chi connectivity index (χ1v) is 10.4. The molecule has 1 aliphatic heterocycles. The summed E-state index contributed by atoms with van der Waals surface area (Å²) >= 11 is 0. The maximum atomic E-state index is 12.8. The minimum Gasteiger partial charge on any atom is -0.456 e. The third-order valence-electron chi connectivity index (χ3n) is 4.14. The summed E-state index contributed by atoms with van der Waals surface area (Å²) in [4.78, 5) is 23.3. The van der Waals surface area contributed by atoms with Gasteiger partial charge in [-0.3, -0.25) is 9.59 Å². The molecule has 1 saturated heterocycles. The predicted octanol–water partition coefficient (Wildman–Crippen LogP) is 2.53. The first-order valence-electron chi connectivity index (χ1n) is 8.99. The molecular formula is C18H26N2O5S. The van der Waals surface area contributed by atoms with E-state index < -0.39 is 21.9 Å². The maximum absolute atomic E-state index is 12.8. The van der Waals surface area contributed by atoms with Crippen LogP contribution < -0.4 is 5.32 Å². The third kappa shape index (κ3) is 5.81. The molecule has 0 aliphatic carbocycles. The molecule has 0 unspecified atom stereocenters. The molecule has 0 spiro atoms. The zero-order valence-corrected chi connectivity index (χ0v) is 15.9. The number of rotatable bonds is 7. The quantitative estimate of drug-likeness (QED) is 0.732. The van der Waals surface area contributed by atoms with Crippen LogP contribution in [0.4, 0.5) is 5.69 Å². The van der Waals surface area contributed by atoms with Crippen LogP contribution in [0.2, 0.25) is 0 Å². The van der Waals surface area contributed by atoms with Crippen LogP contribution in [0.5, 0.6) is 0 Å². The SMILES string of the molecule is CCCC(=O)OCC(=O)Nc1cccc(S(=O)(=O)N2CCCCCC2)c1. The molecule has 0 aromatic heterocycles. The lowest BCUT2D eigenvalue weighted by molar-refractivity contribution is -0.147. The van der Waals surface area contributed by atoms with Crippen LogP contribution in [0.1, 0.15) is 45.4 Å². The van der Waals surface area contributed by atoms with Crippen molar-refractivity contribution in [3.63, 3.8) is 0 Å². The first kappa shape index (κ1) is 20.4. The van der Waals surface area contributed by atoms with Crippen molar-refractivity contribution in [1.29, 1.82) is 0 Å². The fourth-order valence-corrected chi connectivity index (χ4v) is 4.35. The summed E-state index contributed by atoms with van der Waals surface area (Å²) in [5, 5.41) is 2.57. The molecule has 1 amide bonds. The molecule has 1 aromatic rings. The first-order chi connectivity index (χ1) is 12.4. The smallest absolute Gasteiger partial charge is 0.306 e. The van der Waals surface area contributed by atoms with Gasteiger partial charge in [0, 0.05) is 25.2 Å². The molecule has 0 atom stereocenters. The number of carbonyl (C=O) groups excluding carboxylic acids is 2. The summed E-state index contributed by atoms with van der Waals surface area (Å²) in [6.45, 7) is 2.50. The van der Waals surface area contributed by atoms with Crippen molar-refractivity contribution in [3.8, 4) is 0 Å². The summed E-state index contributed by atoms with van der Waals surface area (Å²) in [5.41, 5.74) is 0.359. The number of ether oxygens (including phenoxy) is 1. The standard InChI is InChI=1S/C18H26N2O5S/c1-2-8-18(22)25-14-17(21)19-15-9-7-10-16(13-15)26(23,24)20-11-5-3-4-6-12-20/h7,9-10,13H,2-6,8,11-12,14H2,1H3,(H,19,21). The van der Waals surface area contributed by atoms with E-state index in [4.69, 9.17) is 4.74 Å². The normalized spacial score (nSPS) is 15.9. The average molecular weight is 382 g/mol. The van der Waals surface area contributed by atoms with Crippen LogP contribution in [0.15, 0.2) is 29.2 Å². The minimum atomic E-state index is -3.58. The molecule has 1 aromatic carbocycles. The Morgan fingerprint density at radius 2 is 1.85 bits per heavy atom. The number of hydrogen-bond acceptors (Lipinski definition) is 5. The van der Waals surface area contributed by atoms with Gasteiger partial charge in [0.2, 0.25) is 10.0 Å². The number of esters is 1. The van der Waals surface area contributed by atoms with E-state index in [2.05, 4.69) is 5.32 Å². The summed E-state index contributed by atoms with van der Waals surface area (Å²) < 4.78 is 32.0. The highest BCUT2D eigenvalue weighted by molar-refractivity contribution is 7.89. The lowest BCUT2D eigenvalue weighted by Crippen LogP contribution is -2.32. The van der Waals surface area contributed by atoms with Crippen LogP contribution in [0.3, 0.4) is 0 Å². The number of carbonyl (C=O) groups is 2. The Morgan fingerprint density at radius 3 is 2.50 bits per heavy atom. The monoisotopic (exact) mass is 382 g/mol. The lowest BCUT2D eigenvalue weighted by atomic mass is 10.2. The Hall–Kier alpha value is -1.93. The van der Waals surface area contributed by atoms with Gasteiger partial charge in [-0.05, 0) is 37.5 Å². The van der Waals surface area contributed by atoms with Crippen molar-refractivity contribution in [3.05, 3.63) is 24.3 Å². The number of nitrogens with one attached hydrogen (secondary N) is 1. The summed E-state index contributed by atoms with van der Waals surface area (Å²) in [6.07, 6.45) is 4.71. The topological polar surface area (TPSA) is 92.8 Å². The molecule has 1 aliphatic rings. The van der Waals surface area contributed by atoms with Crippen molar-refractivity contribution in [2.24, 2.45) is 0 Å². The van der Waals surface area contributed by atoms with E-state index in [0.29, 0.717) is 25.2 Å². The highest BCUT2D eigenvalue weighted by atomic mass is 32.2. The summed E-state index contributed by atoms with van der Waals surface area (Å²) in [6, 6.07) is 6.15. The van der Waals surface area contributed by atoms with Gasteiger partial charge in [0.05, 0.1) is 4.90 Å². The van der Waals surface area contributed by atoms with Gasteiger partial charge in [0.15, 0.2) is 6.61 Å². The van der Waals surface area contributed by atoms with E-state index in [0.717, 1.165) is 25.7 Å². The molecule has 26 heavy (non-hydrogen) atoms. The molecule has 2 rings (SSSR count). The largest absolute Gasteiger partial charge is 0.456 e. The van der Waals surface area contributed by atoms with Gasteiger partial charge < -0.3 is 10.1 Å². The second kappa shape index (κ2) is 9.68. The number of nitrogens with zero attached hydrogens (tertiary/aromatic N) is 1. The molecule has 1 N–H and O–H groups in total. The van der Waals surface area contributed by atoms with Crippen molar-refractivity contribution < 1.29 is 22.7 Å². The van der Waals surface area contributed by atoms with Gasteiger partial charge in [-0.2, -0.15) is 4.31 Å². The van der Waals surface area contributed by atoms with Crippen LogP contribution >= 0.6 is 0 Å². The highest BCUT2D eigenvalue weighted by Gasteiger charge is 2.25. The molecule has 0 saturated carbocycles. The highest BCUT2D eigenvalue weighted by Crippen LogP contribution is 2.22. The number of amides is 1. The van der Waals surface area contributed by atoms with Crippen LogP contribution in [-0.4, -0.2) is 44.3 Å². The lowest BCUT2D eigenvalue weighted by Gasteiger charge is -2.20. The van der Waals surface area contributed by atoms with Gasteiger partial charge in [0.25, 0.3) is 5.91 Å². The molecule has 0 bridgehead atoms. The van der Waals surface area contributed by atoms with Gasteiger partial charge in [0.1, 0.15) is 0 Å². The molecule has 1 fully saturated rings. The second-order valence-electron chi connectivity index (χ2n) is 6.30. The van der Waals surface area contributed by atoms with Gasteiger partial charge >= 0.3 is 5.97 Å². The number of benzene rings is 1. The zero-order valence-electron chi connectivity index (χ0n) is 15.1. The van der Waals surface area contributed by atoms with Gasteiger partial charge in [-0.25, -0.2) is 8.42 Å². The van der Waals surface area contributed by atoms with E-state index in [1.807, 2.05) is 6.92 Å². The average Bonchev–Trinajstić information content (AvgIpc) is 2.90. The fraction of sp³-hybridized carbons (Fsp3) is 0.556. The van der Waals surface area contributed by atoms with Crippen LogP contribution in [0.25, 0.3) is 0 Å². The van der Waals surface area contributed by atoms with Crippen LogP contribution in [0, 0.1) is 0 Å². The van der Waals surface area contributed by atoms with Crippen molar-refractivity contribution >= 4 is 27.6 Å². The minimum absolute atomic E-state index is 0.153. The predicted molar refractivity (Wildman–Crippen MR) is 98.2 cm³/mol. The summed E-state index contributed by atoms with van der Waals surface area (Å²) in [7, 11) is -3.58. The number of anilines is 1. The summed E-state index contributed by atoms with van der Waals surface area (Å²) in [5.74, 6) is -0.932. The molecule has 0 radical (unpaired) electrons. The van der Waals surface area contributed by atoms with E-state index >= 15 is 0 Å². The van der Waals surface area contributed by atoms with E-state index in [1.165, 1.54) is 16.4 Å². The Labute approximate surface area is 154 Å².